The average molecular weight is 370 g/mol. The van der Waals surface area contributed by atoms with Gasteiger partial charge in [0, 0.05) is 37.5 Å². The zero-order valence-electron chi connectivity index (χ0n) is 16.8. The highest BCUT2D eigenvalue weighted by molar-refractivity contribution is 5.77. The molecule has 0 unspecified atom stereocenters. The van der Waals surface area contributed by atoms with E-state index in [-0.39, 0.29) is 17.4 Å². The molecule has 1 saturated heterocycles. The lowest BCUT2D eigenvalue weighted by Crippen LogP contribution is -2.42. The van der Waals surface area contributed by atoms with Crippen molar-refractivity contribution in [1.82, 2.24) is 19.9 Å². The first-order chi connectivity index (χ1) is 12.9. The lowest BCUT2D eigenvalue weighted by atomic mass is 9.97. The van der Waals surface area contributed by atoms with Gasteiger partial charge in [0.15, 0.2) is 5.82 Å². The molecule has 1 fully saturated rings. The van der Waals surface area contributed by atoms with Crippen LogP contribution in [0.2, 0.25) is 0 Å². The predicted molar refractivity (Wildman–Crippen MR) is 104 cm³/mol. The molecular formula is C21H30N4O2. The van der Waals surface area contributed by atoms with Gasteiger partial charge < -0.3 is 9.42 Å². The Balaban J connectivity index is 1.70. The first-order valence-corrected chi connectivity index (χ1v) is 9.75. The molecule has 0 N–H and O–H groups in total. The summed E-state index contributed by atoms with van der Waals surface area (Å²) in [6.07, 6.45) is 1.45. The highest BCUT2D eigenvalue weighted by atomic mass is 16.5. The van der Waals surface area contributed by atoms with Crippen LogP contribution in [0.25, 0.3) is 0 Å². The van der Waals surface area contributed by atoms with E-state index in [1.807, 2.05) is 23.1 Å². The molecule has 1 aliphatic heterocycles. The van der Waals surface area contributed by atoms with E-state index in [9.17, 15) is 4.79 Å². The fourth-order valence-electron chi connectivity index (χ4n) is 3.40. The van der Waals surface area contributed by atoms with Crippen LogP contribution in [-0.2, 0) is 23.3 Å². The maximum atomic E-state index is 12.8. The number of nitrogens with zero attached hydrogens (tertiary/aromatic N) is 4. The van der Waals surface area contributed by atoms with Gasteiger partial charge >= 0.3 is 0 Å². The first-order valence-electron chi connectivity index (χ1n) is 9.75. The number of rotatable bonds is 5. The van der Waals surface area contributed by atoms with Gasteiger partial charge in [0.05, 0.1) is 6.54 Å². The second-order valence-corrected chi connectivity index (χ2v) is 8.32. The largest absolute Gasteiger partial charge is 0.339 e. The monoisotopic (exact) mass is 370 g/mol. The molecule has 6 heteroatoms. The second kappa shape index (κ2) is 8.21. The van der Waals surface area contributed by atoms with Gasteiger partial charge in [0.2, 0.25) is 11.8 Å². The van der Waals surface area contributed by atoms with E-state index in [2.05, 4.69) is 54.9 Å². The summed E-state index contributed by atoms with van der Waals surface area (Å²) in [4.78, 5) is 21.6. The van der Waals surface area contributed by atoms with Crippen LogP contribution in [0.4, 0.5) is 0 Å². The Morgan fingerprint density at radius 3 is 2.56 bits per heavy atom. The van der Waals surface area contributed by atoms with Gasteiger partial charge in [-0.2, -0.15) is 4.98 Å². The van der Waals surface area contributed by atoms with Gasteiger partial charge in [-0.05, 0) is 12.0 Å². The van der Waals surface area contributed by atoms with Gasteiger partial charge in [0.25, 0.3) is 0 Å². The highest BCUT2D eigenvalue weighted by Crippen LogP contribution is 2.22. The van der Waals surface area contributed by atoms with E-state index < -0.39 is 0 Å². The van der Waals surface area contributed by atoms with Crippen LogP contribution in [0.3, 0.4) is 0 Å². The average Bonchev–Trinajstić information content (AvgIpc) is 3.06. The lowest BCUT2D eigenvalue weighted by molar-refractivity contribution is -0.133. The number of hydrogen-bond donors (Lipinski definition) is 0. The van der Waals surface area contributed by atoms with Crippen LogP contribution >= 0.6 is 0 Å². The molecule has 0 radical (unpaired) electrons. The first kappa shape index (κ1) is 19.5. The van der Waals surface area contributed by atoms with E-state index in [1.54, 1.807) is 0 Å². The summed E-state index contributed by atoms with van der Waals surface area (Å²) in [6, 6.07) is 10.4. The maximum absolute atomic E-state index is 12.8. The predicted octanol–water partition coefficient (Wildman–Crippen LogP) is 3.38. The van der Waals surface area contributed by atoms with Gasteiger partial charge in [-0.3, -0.25) is 9.69 Å². The highest BCUT2D eigenvalue weighted by Gasteiger charge is 2.30. The summed E-state index contributed by atoms with van der Waals surface area (Å²) in [5, 5.41) is 4.14. The maximum Gasteiger partial charge on any atom is 0.232 e. The minimum absolute atomic E-state index is 0.154. The van der Waals surface area contributed by atoms with Crippen molar-refractivity contribution in [3.63, 3.8) is 0 Å². The second-order valence-electron chi connectivity index (χ2n) is 8.32. The Hall–Kier alpha value is -2.21. The number of carbonyl (C=O) groups excluding carboxylic acids is 1. The molecule has 146 valence electrons. The minimum Gasteiger partial charge on any atom is -0.339 e. The van der Waals surface area contributed by atoms with E-state index in [1.165, 1.54) is 5.56 Å². The number of benzene rings is 1. The Morgan fingerprint density at radius 2 is 1.93 bits per heavy atom. The Bertz CT molecular complexity index is 751. The topological polar surface area (TPSA) is 62.5 Å². The molecular weight excluding hydrogens is 340 g/mol. The van der Waals surface area contributed by atoms with Crippen LogP contribution in [0, 0.1) is 0 Å². The smallest absolute Gasteiger partial charge is 0.232 e. The van der Waals surface area contributed by atoms with Gasteiger partial charge in [0.1, 0.15) is 0 Å². The van der Waals surface area contributed by atoms with E-state index >= 15 is 0 Å². The van der Waals surface area contributed by atoms with Crippen molar-refractivity contribution < 1.29 is 9.32 Å². The third-order valence-electron chi connectivity index (χ3n) is 5.01. The molecule has 0 saturated carbocycles. The summed E-state index contributed by atoms with van der Waals surface area (Å²) in [5.41, 5.74) is 1.02. The molecule has 6 nitrogen and oxygen atoms in total. The molecule has 2 heterocycles. The van der Waals surface area contributed by atoms with E-state index in [4.69, 9.17) is 4.52 Å². The van der Waals surface area contributed by atoms with Crippen molar-refractivity contribution in [3.05, 3.63) is 47.6 Å². The van der Waals surface area contributed by atoms with Crippen molar-refractivity contribution >= 4 is 5.91 Å². The lowest BCUT2D eigenvalue weighted by Gasteiger charge is -2.31. The van der Waals surface area contributed by atoms with Crippen LogP contribution in [0.15, 0.2) is 34.9 Å². The molecule has 1 atom stereocenters. The standard InChI is InChI=1S/C21H30N4O2/c1-5-17-14-24(15-18-22-20(27-23-18)21(2,3)4)12-11-19(26)25(17)13-16-9-7-6-8-10-16/h6-10,17H,5,11-15H2,1-4H3/t17-/m0/s1. The van der Waals surface area contributed by atoms with Gasteiger partial charge in [-0.1, -0.05) is 63.2 Å². The molecule has 1 aromatic heterocycles. The number of carbonyl (C=O) groups is 1. The van der Waals surface area contributed by atoms with Gasteiger partial charge in [-0.15, -0.1) is 0 Å². The van der Waals surface area contributed by atoms with Gasteiger partial charge in [-0.25, -0.2) is 0 Å². The zero-order valence-corrected chi connectivity index (χ0v) is 16.8. The van der Waals surface area contributed by atoms with Crippen molar-refractivity contribution in [2.24, 2.45) is 0 Å². The van der Waals surface area contributed by atoms with Crippen molar-refractivity contribution in [1.29, 1.82) is 0 Å². The number of amides is 1. The van der Waals surface area contributed by atoms with Crippen LogP contribution in [0.5, 0.6) is 0 Å². The van der Waals surface area contributed by atoms with Crippen molar-refractivity contribution in [2.75, 3.05) is 13.1 Å². The Kier molecular flexibility index (Phi) is 5.95. The molecule has 1 aromatic carbocycles. The van der Waals surface area contributed by atoms with E-state index in [0.717, 1.165) is 19.5 Å². The molecule has 1 aliphatic rings. The van der Waals surface area contributed by atoms with Crippen molar-refractivity contribution in [3.8, 4) is 0 Å². The molecule has 0 spiro atoms. The summed E-state index contributed by atoms with van der Waals surface area (Å²) in [7, 11) is 0. The SMILES string of the molecule is CC[C@H]1CN(Cc2noc(C(C)(C)C)n2)CCC(=O)N1Cc1ccccc1. The quantitative estimate of drug-likeness (QED) is 0.807. The molecule has 0 aliphatic carbocycles. The third-order valence-corrected chi connectivity index (χ3v) is 5.01. The summed E-state index contributed by atoms with van der Waals surface area (Å²) >= 11 is 0. The Morgan fingerprint density at radius 1 is 1.19 bits per heavy atom. The molecule has 1 amide bonds. The molecule has 27 heavy (non-hydrogen) atoms. The Labute approximate surface area is 161 Å². The normalized spacial score (nSPS) is 19.3. The third kappa shape index (κ3) is 4.95. The van der Waals surface area contributed by atoms with E-state index in [0.29, 0.717) is 31.2 Å². The molecule has 2 aromatic rings. The van der Waals surface area contributed by atoms with Crippen LogP contribution in [-0.4, -0.2) is 45.0 Å². The fraction of sp³-hybridized carbons (Fsp3) is 0.571. The zero-order chi connectivity index (χ0) is 19.4. The number of aromatic nitrogens is 2. The summed E-state index contributed by atoms with van der Waals surface area (Å²) < 4.78 is 5.41. The summed E-state index contributed by atoms with van der Waals surface area (Å²) in [6.45, 7) is 11.2. The van der Waals surface area contributed by atoms with Crippen molar-refractivity contribution in [2.45, 2.75) is 65.1 Å². The molecule has 3 rings (SSSR count). The summed E-state index contributed by atoms with van der Waals surface area (Å²) in [5.74, 6) is 1.57. The van der Waals surface area contributed by atoms with Crippen LogP contribution < -0.4 is 0 Å². The fourth-order valence-corrected chi connectivity index (χ4v) is 3.40. The number of hydrogen-bond acceptors (Lipinski definition) is 5. The molecule has 0 bridgehead atoms. The minimum atomic E-state index is -0.154. The van der Waals surface area contributed by atoms with Crippen LogP contribution in [0.1, 0.15) is 57.8 Å².